The summed E-state index contributed by atoms with van der Waals surface area (Å²) in [5, 5.41) is 1.10. The van der Waals surface area contributed by atoms with E-state index in [1.54, 1.807) is 30.3 Å². The molecule has 0 saturated heterocycles. The monoisotopic (exact) mass is 377 g/mol. The summed E-state index contributed by atoms with van der Waals surface area (Å²) >= 11 is 0. The van der Waals surface area contributed by atoms with Crippen LogP contribution in [0.25, 0.3) is 10.9 Å². The summed E-state index contributed by atoms with van der Waals surface area (Å²) in [7, 11) is 0. The first-order valence-corrected chi connectivity index (χ1v) is 9.63. The van der Waals surface area contributed by atoms with Crippen molar-refractivity contribution in [3.63, 3.8) is 0 Å². The molecule has 0 spiro atoms. The van der Waals surface area contributed by atoms with Gasteiger partial charge in [-0.2, -0.15) is 0 Å². The maximum absolute atomic E-state index is 12.7. The normalized spacial score (nSPS) is 13.0. The third-order valence-electron chi connectivity index (χ3n) is 5.09. The summed E-state index contributed by atoms with van der Waals surface area (Å²) in [5.41, 5.74) is 9.34. The van der Waals surface area contributed by atoms with Gasteiger partial charge >= 0.3 is 0 Å². The molecule has 0 bridgehead atoms. The van der Waals surface area contributed by atoms with E-state index in [0.29, 0.717) is 23.5 Å². The van der Waals surface area contributed by atoms with E-state index in [4.69, 9.17) is 4.74 Å². The third kappa shape index (κ3) is 3.45. The number of nitrogens with one attached hydrogen (secondary N) is 3. The summed E-state index contributed by atoms with van der Waals surface area (Å²) in [4.78, 5) is 28.4. The lowest BCUT2D eigenvalue weighted by molar-refractivity contribution is 0.0847. The van der Waals surface area contributed by atoms with Gasteiger partial charge in [0, 0.05) is 16.6 Å². The van der Waals surface area contributed by atoms with Gasteiger partial charge in [-0.15, -0.1) is 0 Å². The Balaban J connectivity index is 1.48. The highest BCUT2D eigenvalue weighted by Crippen LogP contribution is 2.30. The van der Waals surface area contributed by atoms with E-state index in [9.17, 15) is 9.59 Å². The number of hydrazine groups is 1. The van der Waals surface area contributed by atoms with Crippen LogP contribution in [0.15, 0.2) is 42.5 Å². The average Bonchev–Trinajstić information content (AvgIpc) is 3.11. The topological polar surface area (TPSA) is 83.2 Å². The second kappa shape index (κ2) is 7.76. The maximum atomic E-state index is 12.7. The second-order valence-corrected chi connectivity index (χ2v) is 6.88. The van der Waals surface area contributed by atoms with Gasteiger partial charge in [-0.1, -0.05) is 12.1 Å². The minimum absolute atomic E-state index is 0.344. The third-order valence-corrected chi connectivity index (χ3v) is 5.09. The average molecular weight is 377 g/mol. The van der Waals surface area contributed by atoms with Crippen molar-refractivity contribution in [3.8, 4) is 5.75 Å². The molecule has 1 aromatic heterocycles. The second-order valence-electron chi connectivity index (χ2n) is 6.88. The van der Waals surface area contributed by atoms with Gasteiger partial charge in [0.1, 0.15) is 5.75 Å². The van der Waals surface area contributed by atoms with E-state index in [1.807, 2.05) is 19.1 Å². The number of rotatable bonds is 4. The summed E-state index contributed by atoms with van der Waals surface area (Å²) < 4.78 is 5.37. The highest BCUT2D eigenvalue weighted by atomic mass is 16.5. The SMILES string of the molecule is CCOc1ccc(C(=O)NNC(=O)c2cccc3c4c([nH]c23)CCCC4)cc1. The molecule has 1 aliphatic rings. The Morgan fingerprint density at radius 2 is 1.75 bits per heavy atom. The Morgan fingerprint density at radius 3 is 2.54 bits per heavy atom. The number of benzene rings is 2. The van der Waals surface area contributed by atoms with Gasteiger partial charge in [-0.3, -0.25) is 20.4 Å². The van der Waals surface area contributed by atoms with Gasteiger partial charge < -0.3 is 9.72 Å². The van der Waals surface area contributed by atoms with E-state index in [1.165, 1.54) is 24.1 Å². The van der Waals surface area contributed by atoms with Crippen LogP contribution in [0, 0.1) is 0 Å². The van der Waals surface area contributed by atoms with Crippen molar-refractivity contribution in [1.82, 2.24) is 15.8 Å². The Labute approximate surface area is 163 Å². The molecule has 3 N–H and O–H groups in total. The van der Waals surface area contributed by atoms with E-state index >= 15 is 0 Å². The molecule has 0 unspecified atom stereocenters. The van der Waals surface area contributed by atoms with Crippen molar-refractivity contribution in [2.45, 2.75) is 32.6 Å². The number of ether oxygens (including phenoxy) is 1. The Morgan fingerprint density at radius 1 is 1.00 bits per heavy atom. The molecule has 6 heteroatoms. The fourth-order valence-corrected chi connectivity index (χ4v) is 3.74. The first kappa shape index (κ1) is 18.1. The van der Waals surface area contributed by atoms with Crippen LogP contribution in [-0.4, -0.2) is 23.4 Å². The zero-order chi connectivity index (χ0) is 19.5. The van der Waals surface area contributed by atoms with Crippen LogP contribution in [0.4, 0.5) is 0 Å². The quantitative estimate of drug-likeness (QED) is 0.608. The van der Waals surface area contributed by atoms with Crippen LogP contribution in [0.5, 0.6) is 5.75 Å². The molecule has 0 saturated carbocycles. The number of aromatic amines is 1. The number of hydrogen-bond acceptors (Lipinski definition) is 3. The fraction of sp³-hybridized carbons (Fsp3) is 0.273. The number of carbonyl (C=O) groups is 2. The molecule has 28 heavy (non-hydrogen) atoms. The minimum atomic E-state index is -0.380. The maximum Gasteiger partial charge on any atom is 0.271 e. The number of aryl methyl sites for hydroxylation is 2. The predicted molar refractivity (Wildman–Crippen MR) is 107 cm³/mol. The van der Waals surface area contributed by atoms with Gasteiger partial charge in [0.05, 0.1) is 17.7 Å². The molecular formula is C22H23N3O3. The minimum Gasteiger partial charge on any atom is -0.494 e. The summed E-state index contributed by atoms with van der Waals surface area (Å²) in [6.07, 6.45) is 4.39. The van der Waals surface area contributed by atoms with Crippen molar-refractivity contribution in [2.75, 3.05) is 6.61 Å². The van der Waals surface area contributed by atoms with Gasteiger partial charge in [0.2, 0.25) is 0 Å². The highest BCUT2D eigenvalue weighted by Gasteiger charge is 2.19. The first-order chi connectivity index (χ1) is 13.7. The van der Waals surface area contributed by atoms with E-state index in [0.717, 1.165) is 23.7 Å². The standard InChI is InChI=1S/C22H23N3O3/c1-2-28-15-12-10-14(11-13-15)21(26)24-25-22(27)18-8-5-7-17-16-6-3-4-9-19(16)23-20(17)18/h5,7-8,10-13,23H,2-4,6,9H2,1H3,(H,24,26)(H,25,27). The molecule has 0 radical (unpaired) electrons. The smallest absolute Gasteiger partial charge is 0.271 e. The summed E-state index contributed by atoms with van der Waals surface area (Å²) in [6, 6.07) is 12.5. The van der Waals surface area contributed by atoms with Crippen LogP contribution < -0.4 is 15.6 Å². The largest absolute Gasteiger partial charge is 0.494 e. The number of fused-ring (bicyclic) bond motifs is 3. The molecule has 4 rings (SSSR count). The molecule has 2 aromatic carbocycles. The Bertz CT molecular complexity index is 1020. The molecular weight excluding hydrogens is 354 g/mol. The van der Waals surface area contributed by atoms with E-state index in [-0.39, 0.29) is 11.8 Å². The van der Waals surface area contributed by atoms with Gasteiger partial charge in [0.15, 0.2) is 0 Å². The molecule has 2 amide bonds. The van der Waals surface area contributed by atoms with Crippen LogP contribution >= 0.6 is 0 Å². The molecule has 1 aliphatic carbocycles. The van der Waals surface area contributed by atoms with Crippen LogP contribution in [-0.2, 0) is 12.8 Å². The van der Waals surface area contributed by atoms with E-state index < -0.39 is 0 Å². The lowest BCUT2D eigenvalue weighted by atomic mass is 9.95. The number of carbonyl (C=O) groups excluding carboxylic acids is 2. The molecule has 3 aromatic rings. The lowest BCUT2D eigenvalue weighted by Crippen LogP contribution is -2.41. The van der Waals surface area contributed by atoms with Crippen LogP contribution in [0.3, 0.4) is 0 Å². The van der Waals surface area contributed by atoms with Gasteiger partial charge in [0.25, 0.3) is 11.8 Å². The number of H-pyrrole nitrogens is 1. The van der Waals surface area contributed by atoms with Gasteiger partial charge in [-0.25, -0.2) is 0 Å². The fourth-order valence-electron chi connectivity index (χ4n) is 3.74. The molecule has 0 aliphatic heterocycles. The molecule has 1 heterocycles. The molecule has 0 atom stereocenters. The first-order valence-electron chi connectivity index (χ1n) is 9.63. The lowest BCUT2D eigenvalue weighted by Gasteiger charge is -2.10. The number of hydrogen-bond donors (Lipinski definition) is 3. The summed E-state index contributed by atoms with van der Waals surface area (Å²) in [6.45, 7) is 2.46. The number of para-hydroxylation sites is 1. The van der Waals surface area contributed by atoms with Crippen molar-refractivity contribution in [1.29, 1.82) is 0 Å². The van der Waals surface area contributed by atoms with Crippen molar-refractivity contribution < 1.29 is 14.3 Å². The number of aromatic nitrogens is 1. The highest BCUT2D eigenvalue weighted by molar-refractivity contribution is 6.07. The molecule has 0 fully saturated rings. The number of amides is 2. The van der Waals surface area contributed by atoms with Crippen LogP contribution in [0.2, 0.25) is 0 Å². The zero-order valence-corrected chi connectivity index (χ0v) is 15.8. The van der Waals surface area contributed by atoms with Crippen molar-refractivity contribution in [3.05, 3.63) is 64.8 Å². The molecule has 144 valence electrons. The van der Waals surface area contributed by atoms with Crippen molar-refractivity contribution in [2.24, 2.45) is 0 Å². The Kier molecular flexibility index (Phi) is 5.02. The summed E-state index contributed by atoms with van der Waals surface area (Å²) in [5.74, 6) is -0.0247. The zero-order valence-electron chi connectivity index (χ0n) is 15.8. The van der Waals surface area contributed by atoms with E-state index in [2.05, 4.69) is 15.8 Å². The molecule has 6 nitrogen and oxygen atoms in total. The van der Waals surface area contributed by atoms with Gasteiger partial charge in [-0.05, 0) is 68.5 Å². The van der Waals surface area contributed by atoms with Crippen molar-refractivity contribution >= 4 is 22.7 Å². The van der Waals surface area contributed by atoms with Crippen LogP contribution in [0.1, 0.15) is 51.7 Å². The predicted octanol–water partition coefficient (Wildman–Crippen LogP) is 3.52. The Hall–Kier alpha value is -3.28.